The smallest absolute Gasteiger partial charge is 0.245 e. The zero-order chi connectivity index (χ0) is 16.1. The van der Waals surface area contributed by atoms with E-state index in [0.717, 1.165) is 25.2 Å². The second kappa shape index (κ2) is 5.34. The van der Waals surface area contributed by atoms with E-state index in [1.165, 1.54) is 5.57 Å². The average Bonchev–Trinajstić information content (AvgIpc) is 3.10. The summed E-state index contributed by atoms with van der Waals surface area (Å²) in [4.78, 5) is 2.28. The van der Waals surface area contributed by atoms with Crippen molar-refractivity contribution < 1.29 is 14.2 Å². The summed E-state index contributed by atoms with van der Waals surface area (Å²) in [6, 6.07) is 0. The summed E-state index contributed by atoms with van der Waals surface area (Å²) in [6.07, 6.45) is 3.13. The van der Waals surface area contributed by atoms with Crippen LogP contribution in [0.2, 0.25) is 0 Å². The first kappa shape index (κ1) is 15.5. The highest BCUT2D eigenvalue weighted by Gasteiger charge is 2.67. The van der Waals surface area contributed by atoms with Gasteiger partial charge in [0, 0.05) is 29.8 Å². The van der Waals surface area contributed by atoms with E-state index in [9.17, 15) is 0 Å². The first-order valence-electron chi connectivity index (χ1n) is 8.20. The fraction of sp³-hybridized carbons (Fsp3) is 0.667. The zero-order valence-electron chi connectivity index (χ0n) is 14.1. The maximum atomic E-state index is 5.93. The highest BCUT2D eigenvalue weighted by atomic mass is 16.7. The Morgan fingerprint density at radius 3 is 2.68 bits per heavy atom. The summed E-state index contributed by atoms with van der Waals surface area (Å²) < 4.78 is 17.5. The lowest BCUT2D eigenvalue weighted by Crippen LogP contribution is -2.45. The lowest BCUT2D eigenvalue weighted by atomic mass is 9.70. The van der Waals surface area contributed by atoms with Crippen molar-refractivity contribution in [2.75, 3.05) is 13.1 Å². The molecule has 1 aliphatic carbocycles. The molecule has 5 atom stereocenters. The number of fused-ring (bicyclic) bond motifs is 3. The molecule has 1 saturated heterocycles. The molecule has 2 heterocycles. The lowest BCUT2D eigenvalue weighted by molar-refractivity contribution is -0.155. The van der Waals surface area contributed by atoms with Crippen molar-refractivity contribution in [1.29, 1.82) is 0 Å². The van der Waals surface area contributed by atoms with Crippen molar-refractivity contribution in [3.63, 3.8) is 0 Å². The number of rotatable bonds is 6. The van der Waals surface area contributed by atoms with Gasteiger partial charge in [0.05, 0.1) is 30.1 Å². The molecule has 0 amide bonds. The number of epoxide rings is 1. The van der Waals surface area contributed by atoms with E-state index in [1.54, 1.807) is 0 Å². The Hall–Kier alpha value is -1.42. The highest BCUT2D eigenvalue weighted by molar-refractivity contribution is 5.38. The number of allylic oxidation sites excluding steroid dienone is 2. The Balaban J connectivity index is 1.91. The summed E-state index contributed by atoms with van der Waals surface area (Å²) in [5.41, 5.74) is 2.25. The van der Waals surface area contributed by atoms with E-state index in [2.05, 4.69) is 38.8 Å². The minimum atomic E-state index is -0.312. The Labute approximate surface area is 133 Å². The minimum absolute atomic E-state index is 0.00831. The molecule has 0 spiro atoms. The van der Waals surface area contributed by atoms with Crippen LogP contribution in [0.4, 0.5) is 0 Å². The van der Waals surface area contributed by atoms with E-state index in [1.807, 2.05) is 13.2 Å². The Morgan fingerprint density at radius 2 is 2.09 bits per heavy atom. The van der Waals surface area contributed by atoms with Crippen LogP contribution in [-0.4, -0.2) is 36.5 Å². The Kier molecular flexibility index (Phi) is 3.76. The molecule has 3 aliphatic rings. The van der Waals surface area contributed by atoms with Gasteiger partial charge in [-0.05, 0) is 27.2 Å². The fourth-order valence-corrected chi connectivity index (χ4v) is 4.12. The minimum Gasteiger partial charge on any atom is -0.462 e. The first-order valence-corrected chi connectivity index (χ1v) is 8.20. The van der Waals surface area contributed by atoms with Gasteiger partial charge in [-0.3, -0.25) is 0 Å². The van der Waals surface area contributed by atoms with Crippen LogP contribution in [-0.2, 0) is 14.2 Å². The van der Waals surface area contributed by atoms with E-state index >= 15 is 0 Å². The van der Waals surface area contributed by atoms with Gasteiger partial charge in [-0.2, -0.15) is 0 Å². The average molecular weight is 305 g/mol. The van der Waals surface area contributed by atoms with Crippen LogP contribution in [0.3, 0.4) is 0 Å². The third-order valence-corrected chi connectivity index (χ3v) is 5.34. The summed E-state index contributed by atoms with van der Waals surface area (Å²) in [5, 5.41) is 0. The molecule has 4 nitrogen and oxygen atoms in total. The van der Waals surface area contributed by atoms with E-state index < -0.39 is 0 Å². The molecule has 122 valence electrons. The molecule has 3 rings (SSSR count). The van der Waals surface area contributed by atoms with Gasteiger partial charge < -0.3 is 19.1 Å². The topological polar surface area (TPSA) is 34.2 Å². The van der Waals surface area contributed by atoms with Crippen LogP contribution in [0, 0.1) is 11.3 Å². The van der Waals surface area contributed by atoms with Crippen LogP contribution >= 0.6 is 0 Å². The van der Waals surface area contributed by atoms with Crippen LogP contribution in [0.1, 0.15) is 34.1 Å². The maximum absolute atomic E-state index is 5.93. The largest absolute Gasteiger partial charge is 0.462 e. The molecular weight excluding hydrogens is 278 g/mol. The molecule has 1 saturated carbocycles. The molecule has 2 fully saturated rings. The molecular formula is C18H27NO3. The predicted octanol–water partition coefficient (Wildman–Crippen LogP) is 3.43. The van der Waals surface area contributed by atoms with Crippen molar-refractivity contribution in [1.82, 2.24) is 4.90 Å². The zero-order valence-corrected chi connectivity index (χ0v) is 14.1. The summed E-state index contributed by atoms with van der Waals surface area (Å²) in [5.74, 6) is 0.873. The molecule has 0 radical (unpaired) electrons. The van der Waals surface area contributed by atoms with Gasteiger partial charge in [-0.15, -0.1) is 0 Å². The molecule has 0 aromatic carbocycles. The molecule has 0 bridgehead atoms. The summed E-state index contributed by atoms with van der Waals surface area (Å²) >= 11 is 0. The summed E-state index contributed by atoms with van der Waals surface area (Å²) in [7, 11) is 0. The van der Waals surface area contributed by atoms with Crippen LogP contribution < -0.4 is 0 Å². The Morgan fingerprint density at radius 1 is 1.41 bits per heavy atom. The lowest BCUT2D eigenvalue weighted by Gasteiger charge is -2.44. The van der Waals surface area contributed by atoms with Crippen molar-refractivity contribution >= 4 is 0 Å². The molecule has 0 N–H and O–H groups in total. The maximum Gasteiger partial charge on any atom is 0.245 e. The van der Waals surface area contributed by atoms with Crippen molar-refractivity contribution in [2.45, 2.75) is 52.6 Å². The second-order valence-corrected chi connectivity index (χ2v) is 6.76. The first-order chi connectivity index (χ1) is 10.4. The molecule has 2 aliphatic heterocycles. The highest BCUT2D eigenvalue weighted by Crippen LogP contribution is 2.62. The number of hydrogen-bond acceptors (Lipinski definition) is 4. The molecule has 0 aromatic rings. The van der Waals surface area contributed by atoms with Crippen LogP contribution in [0.15, 0.2) is 36.4 Å². The third kappa shape index (κ3) is 2.24. The monoisotopic (exact) mass is 305 g/mol. The molecule has 22 heavy (non-hydrogen) atoms. The van der Waals surface area contributed by atoms with Crippen LogP contribution in [0.5, 0.6) is 0 Å². The molecule has 0 aromatic heterocycles. The number of nitrogens with zero attached hydrogens (tertiary/aromatic N) is 1. The van der Waals surface area contributed by atoms with Crippen LogP contribution in [0.25, 0.3) is 0 Å². The van der Waals surface area contributed by atoms with Gasteiger partial charge >= 0.3 is 0 Å². The number of likely N-dealkylation sites (N-methyl/N-ethyl adjacent to an activating group) is 1. The van der Waals surface area contributed by atoms with Crippen molar-refractivity contribution in [2.24, 2.45) is 11.3 Å². The molecule has 4 heteroatoms. The Bertz CT molecular complexity index is 522. The van der Waals surface area contributed by atoms with E-state index in [0.29, 0.717) is 11.9 Å². The molecule has 0 unspecified atom stereocenters. The van der Waals surface area contributed by atoms with E-state index in [-0.39, 0.29) is 23.7 Å². The predicted molar refractivity (Wildman–Crippen MR) is 85.8 cm³/mol. The standard InChI is InChI=1S/C18H27NO3/c1-7-19(8-2)12(5)13-10-20-17(21-11(3)4)15-16-14(22-16)9-18(13,15)6/h10,14-17H,3,5,7-9H2,1-2,4,6H3/t14-,15-,16-,17-,18+/m0/s1. The van der Waals surface area contributed by atoms with Gasteiger partial charge in [-0.1, -0.05) is 20.1 Å². The number of hydrogen-bond donors (Lipinski definition) is 0. The normalized spacial score (nSPS) is 38.3. The third-order valence-electron chi connectivity index (χ3n) is 5.34. The number of ether oxygens (including phenoxy) is 3. The SMILES string of the molecule is C=C(C)O[C@@H]1OC=C(C(=C)N(CC)CC)[C@@]2(C)C[C@@H]3O[C@@H]3[C@@H]12. The van der Waals surface area contributed by atoms with Crippen molar-refractivity contribution in [3.8, 4) is 0 Å². The van der Waals surface area contributed by atoms with Crippen molar-refractivity contribution in [3.05, 3.63) is 36.4 Å². The van der Waals surface area contributed by atoms with Gasteiger partial charge in [0.15, 0.2) is 0 Å². The van der Waals surface area contributed by atoms with Gasteiger partial charge in [0.1, 0.15) is 0 Å². The summed E-state index contributed by atoms with van der Waals surface area (Å²) in [6.45, 7) is 18.5. The fourth-order valence-electron chi connectivity index (χ4n) is 4.12. The second-order valence-electron chi connectivity index (χ2n) is 6.76. The van der Waals surface area contributed by atoms with Gasteiger partial charge in [0.25, 0.3) is 0 Å². The van der Waals surface area contributed by atoms with Gasteiger partial charge in [0.2, 0.25) is 6.29 Å². The van der Waals surface area contributed by atoms with E-state index in [4.69, 9.17) is 14.2 Å². The van der Waals surface area contributed by atoms with Gasteiger partial charge in [-0.25, -0.2) is 0 Å². The quantitative estimate of drug-likeness (QED) is 0.556.